The van der Waals surface area contributed by atoms with E-state index in [4.69, 9.17) is 4.74 Å². The Labute approximate surface area is 94.6 Å². The van der Waals surface area contributed by atoms with Crippen LogP contribution in [0.2, 0.25) is 0 Å². The minimum Gasteiger partial charge on any atom is -0.465 e. The first-order chi connectivity index (χ1) is 7.12. The standard InChI is InChI=1S/C12H16O2S/c1-4-12(3,11(13)14-5-2)8-10-6-7-15-9-10/h4,6-7,9H,1,5,8H2,2-3H3. The van der Waals surface area contributed by atoms with Crippen molar-refractivity contribution >= 4 is 17.3 Å². The quantitative estimate of drug-likeness (QED) is 0.567. The summed E-state index contributed by atoms with van der Waals surface area (Å²) in [7, 11) is 0. The molecule has 0 fully saturated rings. The van der Waals surface area contributed by atoms with Crippen molar-refractivity contribution < 1.29 is 9.53 Å². The lowest BCUT2D eigenvalue weighted by Crippen LogP contribution is -2.29. The first-order valence-corrected chi connectivity index (χ1v) is 5.88. The minimum absolute atomic E-state index is 0.203. The maximum atomic E-state index is 11.7. The fraction of sp³-hybridized carbons (Fsp3) is 0.417. The molecule has 0 radical (unpaired) electrons. The maximum Gasteiger partial charge on any atom is 0.315 e. The van der Waals surface area contributed by atoms with Gasteiger partial charge in [-0.05, 0) is 42.7 Å². The third-order valence-electron chi connectivity index (χ3n) is 2.34. The Balaban J connectivity index is 2.76. The number of carbonyl (C=O) groups is 1. The van der Waals surface area contributed by atoms with Crippen LogP contribution in [0.25, 0.3) is 0 Å². The summed E-state index contributed by atoms with van der Waals surface area (Å²) in [6.07, 6.45) is 2.32. The topological polar surface area (TPSA) is 26.3 Å². The number of ether oxygens (including phenoxy) is 1. The zero-order valence-electron chi connectivity index (χ0n) is 9.16. The molecule has 3 heteroatoms. The van der Waals surface area contributed by atoms with E-state index in [0.717, 1.165) is 5.56 Å². The Hall–Kier alpha value is -1.09. The lowest BCUT2D eigenvalue weighted by Gasteiger charge is -2.22. The van der Waals surface area contributed by atoms with Gasteiger partial charge in [0.1, 0.15) is 0 Å². The molecule has 1 atom stereocenters. The number of hydrogen-bond donors (Lipinski definition) is 0. The van der Waals surface area contributed by atoms with Crippen molar-refractivity contribution in [1.82, 2.24) is 0 Å². The van der Waals surface area contributed by atoms with E-state index in [1.807, 2.05) is 30.7 Å². The van der Waals surface area contributed by atoms with Gasteiger partial charge in [0.05, 0.1) is 12.0 Å². The molecule has 1 heterocycles. The van der Waals surface area contributed by atoms with Crippen LogP contribution in [0.4, 0.5) is 0 Å². The van der Waals surface area contributed by atoms with Crippen LogP contribution < -0.4 is 0 Å². The van der Waals surface area contributed by atoms with Crippen molar-refractivity contribution in [2.45, 2.75) is 20.3 Å². The van der Waals surface area contributed by atoms with Gasteiger partial charge in [0, 0.05) is 0 Å². The van der Waals surface area contributed by atoms with Gasteiger partial charge in [0.25, 0.3) is 0 Å². The van der Waals surface area contributed by atoms with Crippen LogP contribution >= 0.6 is 11.3 Å². The third kappa shape index (κ3) is 2.93. The van der Waals surface area contributed by atoms with E-state index in [1.54, 1.807) is 17.4 Å². The average Bonchev–Trinajstić information content (AvgIpc) is 2.70. The van der Waals surface area contributed by atoms with E-state index in [2.05, 4.69) is 6.58 Å². The molecule has 1 aromatic heterocycles. The fourth-order valence-corrected chi connectivity index (χ4v) is 2.01. The number of hydrogen-bond acceptors (Lipinski definition) is 3. The molecule has 0 amide bonds. The molecule has 1 unspecified atom stereocenters. The molecule has 0 aliphatic heterocycles. The summed E-state index contributed by atoms with van der Waals surface area (Å²) in [5, 5.41) is 4.05. The van der Waals surface area contributed by atoms with Gasteiger partial charge in [-0.2, -0.15) is 11.3 Å². The van der Waals surface area contributed by atoms with Crippen molar-refractivity contribution in [1.29, 1.82) is 0 Å². The predicted octanol–water partition coefficient (Wildman–Crippen LogP) is 3.05. The Bertz CT molecular complexity index is 329. The van der Waals surface area contributed by atoms with E-state index in [9.17, 15) is 4.79 Å². The van der Waals surface area contributed by atoms with Gasteiger partial charge < -0.3 is 4.74 Å². The molecule has 2 nitrogen and oxygen atoms in total. The van der Waals surface area contributed by atoms with Gasteiger partial charge in [0.15, 0.2) is 0 Å². The number of esters is 1. The fourth-order valence-electron chi connectivity index (χ4n) is 1.34. The van der Waals surface area contributed by atoms with Gasteiger partial charge >= 0.3 is 5.97 Å². The van der Waals surface area contributed by atoms with Gasteiger partial charge in [-0.25, -0.2) is 0 Å². The number of thiophene rings is 1. The Morgan fingerprint density at radius 1 is 1.73 bits per heavy atom. The second kappa shape index (κ2) is 5.12. The SMILES string of the molecule is C=CC(C)(Cc1ccsc1)C(=O)OCC. The molecule has 0 bridgehead atoms. The van der Waals surface area contributed by atoms with E-state index >= 15 is 0 Å². The molecule has 1 aromatic rings. The number of rotatable bonds is 5. The highest BCUT2D eigenvalue weighted by atomic mass is 32.1. The molecule has 15 heavy (non-hydrogen) atoms. The second-order valence-corrected chi connectivity index (χ2v) is 4.43. The summed E-state index contributed by atoms with van der Waals surface area (Å²) in [6, 6.07) is 2.02. The van der Waals surface area contributed by atoms with E-state index in [-0.39, 0.29) is 5.97 Å². The normalized spacial score (nSPS) is 14.3. The minimum atomic E-state index is -0.614. The average molecular weight is 224 g/mol. The van der Waals surface area contributed by atoms with E-state index in [0.29, 0.717) is 13.0 Å². The Kier molecular flexibility index (Phi) is 4.09. The summed E-state index contributed by atoms with van der Waals surface area (Å²) >= 11 is 1.63. The van der Waals surface area contributed by atoms with E-state index < -0.39 is 5.41 Å². The first kappa shape index (κ1) is 12.0. The first-order valence-electron chi connectivity index (χ1n) is 4.94. The Morgan fingerprint density at radius 3 is 2.93 bits per heavy atom. The number of carbonyl (C=O) groups excluding carboxylic acids is 1. The Morgan fingerprint density at radius 2 is 2.47 bits per heavy atom. The van der Waals surface area contributed by atoms with Crippen LogP contribution in [0.15, 0.2) is 29.5 Å². The van der Waals surface area contributed by atoms with Crippen LogP contribution in [0, 0.1) is 5.41 Å². The van der Waals surface area contributed by atoms with Crippen LogP contribution in [-0.2, 0) is 16.0 Å². The van der Waals surface area contributed by atoms with Crippen LogP contribution in [0.3, 0.4) is 0 Å². The lowest BCUT2D eigenvalue weighted by molar-refractivity contribution is -0.151. The molecule has 1 rings (SSSR count). The van der Waals surface area contributed by atoms with Crippen molar-refractivity contribution in [3.8, 4) is 0 Å². The second-order valence-electron chi connectivity index (χ2n) is 3.65. The van der Waals surface area contributed by atoms with Gasteiger partial charge in [-0.1, -0.05) is 6.08 Å². The van der Waals surface area contributed by atoms with Crippen molar-refractivity contribution in [3.05, 3.63) is 35.0 Å². The molecule has 0 N–H and O–H groups in total. The lowest BCUT2D eigenvalue weighted by atomic mass is 9.84. The van der Waals surface area contributed by atoms with Crippen LogP contribution in [0.1, 0.15) is 19.4 Å². The maximum absolute atomic E-state index is 11.7. The highest BCUT2D eigenvalue weighted by Gasteiger charge is 2.31. The molecule has 0 saturated heterocycles. The van der Waals surface area contributed by atoms with Gasteiger partial charge in [-0.15, -0.1) is 6.58 Å². The van der Waals surface area contributed by atoms with Crippen molar-refractivity contribution in [2.75, 3.05) is 6.61 Å². The molecule has 0 aliphatic carbocycles. The van der Waals surface area contributed by atoms with Gasteiger partial charge in [-0.3, -0.25) is 4.79 Å². The molecule has 0 spiro atoms. The highest BCUT2D eigenvalue weighted by Crippen LogP contribution is 2.26. The molecular formula is C12H16O2S. The van der Waals surface area contributed by atoms with Crippen molar-refractivity contribution in [3.63, 3.8) is 0 Å². The third-order valence-corrected chi connectivity index (χ3v) is 3.08. The molecular weight excluding hydrogens is 208 g/mol. The largest absolute Gasteiger partial charge is 0.465 e. The summed E-state index contributed by atoms with van der Waals surface area (Å²) < 4.78 is 5.04. The van der Waals surface area contributed by atoms with E-state index in [1.165, 1.54) is 0 Å². The van der Waals surface area contributed by atoms with Crippen LogP contribution in [0.5, 0.6) is 0 Å². The molecule has 0 aromatic carbocycles. The van der Waals surface area contributed by atoms with Crippen molar-refractivity contribution in [2.24, 2.45) is 5.41 Å². The highest BCUT2D eigenvalue weighted by molar-refractivity contribution is 7.07. The molecule has 82 valence electrons. The monoisotopic (exact) mass is 224 g/mol. The zero-order valence-corrected chi connectivity index (χ0v) is 9.97. The smallest absolute Gasteiger partial charge is 0.315 e. The zero-order chi connectivity index (χ0) is 11.3. The summed E-state index contributed by atoms with van der Waals surface area (Å²) in [5.41, 5.74) is 0.535. The van der Waals surface area contributed by atoms with Crippen LogP contribution in [-0.4, -0.2) is 12.6 Å². The predicted molar refractivity (Wildman–Crippen MR) is 63.0 cm³/mol. The summed E-state index contributed by atoms with van der Waals surface area (Å²) in [5.74, 6) is -0.203. The summed E-state index contributed by atoms with van der Waals surface area (Å²) in [4.78, 5) is 11.7. The summed E-state index contributed by atoms with van der Waals surface area (Å²) in [6.45, 7) is 7.80. The molecule has 0 saturated carbocycles. The van der Waals surface area contributed by atoms with Gasteiger partial charge in [0.2, 0.25) is 0 Å². The molecule has 0 aliphatic rings.